The molecule has 104 valence electrons. The van der Waals surface area contributed by atoms with Crippen LogP contribution in [0.4, 0.5) is 5.69 Å². The minimum Gasteiger partial charge on any atom is -0.325 e. The molecule has 5 heteroatoms. The number of hydrogen-bond acceptors (Lipinski definition) is 4. The summed E-state index contributed by atoms with van der Waals surface area (Å²) in [6, 6.07) is 9.75. The highest BCUT2D eigenvalue weighted by molar-refractivity contribution is 7.80. The van der Waals surface area contributed by atoms with Crippen LogP contribution in [-0.2, 0) is 4.79 Å². The van der Waals surface area contributed by atoms with Gasteiger partial charge in [-0.15, -0.1) is 12.6 Å². The average molecular weight is 297 g/mol. The highest BCUT2D eigenvalue weighted by Gasteiger charge is 2.30. The van der Waals surface area contributed by atoms with Crippen molar-refractivity contribution < 1.29 is 14.4 Å². The quantitative estimate of drug-likeness (QED) is 0.679. The summed E-state index contributed by atoms with van der Waals surface area (Å²) in [5.41, 5.74) is 1.81. The van der Waals surface area contributed by atoms with E-state index in [0.29, 0.717) is 32.8 Å². The Balaban J connectivity index is 2.21. The van der Waals surface area contributed by atoms with Crippen molar-refractivity contribution in [3.05, 3.63) is 58.7 Å². The second-order valence-corrected chi connectivity index (χ2v) is 5.28. The zero-order valence-electron chi connectivity index (χ0n) is 11.1. The van der Waals surface area contributed by atoms with Gasteiger partial charge in [-0.05, 0) is 12.1 Å². The van der Waals surface area contributed by atoms with Crippen LogP contribution in [0.5, 0.6) is 0 Å². The normalized spacial score (nSPS) is 12.7. The topological polar surface area (TPSA) is 63.2 Å². The number of anilines is 1. The number of carbonyl (C=O) groups excluding carboxylic acids is 3. The fraction of sp³-hybridized carbons (Fsp3) is 0.0625. The third kappa shape index (κ3) is 2.15. The second-order valence-electron chi connectivity index (χ2n) is 4.80. The third-order valence-corrected chi connectivity index (χ3v) is 3.72. The van der Waals surface area contributed by atoms with Gasteiger partial charge in [-0.3, -0.25) is 14.4 Å². The number of benzene rings is 2. The highest BCUT2D eigenvalue weighted by Crippen LogP contribution is 2.32. The molecule has 1 N–H and O–H groups in total. The Hall–Kier alpha value is -2.40. The molecule has 2 aromatic carbocycles. The van der Waals surface area contributed by atoms with Crippen LogP contribution in [-0.4, -0.2) is 17.5 Å². The molecule has 4 nitrogen and oxygen atoms in total. The fourth-order valence-corrected chi connectivity index (χ4v) is 2.67. The first-order valence-electron chi connectivity index (χ1n) is 6.32. The van der Waals surface area contributed by atoms with E-state index >= 15 is 0 Å². The number of nitrogens with one attached hydrogen (secondary N) is 1. The molecule has 21 heavy (non-hydrogen) atoms. The highest BCUT2D eigenvalue weighted by atomic mass is 32.1. The molecular weight excluding hydrogens is 286 g/mol. The van der Waals surface area contributed by atoms with Gasteiger partial charge in [0.2, 0.25) is 5.91 Å². The molecule has 0 bridgehead atoms. The van der Waals surface area contributed by atoms with Gasteiger partial charge in [0.1, 0.15) is 0 Å². The van der Waals surface area contributed by atoms with Gasteiger partial charge in [0.25, 0.3) is 0 Å². The van der Waals surface area contributed by atoms with Crippen LogP contribution < -0.4 is 5.32 Å². The van der Waals surface area contributed by atoms with Crippen LogP contribution in [0.1, 0.15) is 38.8 Å². The standard InChI is InChI=1S/C16H11NO3S/c1-8(18)17-13-6-11-12(7-14(13)21)16(20)10-5-3-2-4-9(10)15(11)19/h2-7,21H,1H3,(H,17,18). The minimum absolute atomic E-state index is 0.204. The summed E-state index contributed by atoms with van der Waals surface area (Å²) in [5, 5.41) is 2.60. The average Bonchev–Trinajstić information content (AvgIpc) is 2.46. The van der Waals surface area contributed by atoms with Gasteiger partial charge in [-0.2, -0.15) is 0 Å². The number of carbonyl (C=O) groups is 3. The van der Waals surface area contributed by atoms with Crippen LogP contribution in [0.3, 0.4) is 0 Å². The first-order chi connectivity index (χ1) is 9.99. The molecule has 1 aliphatic rings. The van der Waals surface area contributed by atoms with Crippen LogP contribution in [0.25, 0.3) is 0 Å². The molecule has 0 aliphatic heterocycles. The van der Waals surface area contributed by atoms with Crippen molar-refractivity contribution in [1.29, 1.82) is 0 Å². The van der Waals surface area contributed by atoms with Crippen molar-refractivity contribution in [2.45, 2.75) is 11.8 Å². The van der Waals surface area contributed by atoms with E-state index in [0.717, 1.165) is 0 Å². The van der Waals surface area contributed by atoms with Gasteiger partial charge in [0, 0.05) is 34.1 Å². The molecule has 0 radical (unpaired) electrons. The van der Waals surface area contributed by atoms with Gasteiger partial charge < -0.3 is 5.32 Å². The van der Waals surface area contributed by atoms with Crippen molar-refractivity contribution in [2.75, 3.05) is 5.32 Å². The van der Waals surface area contributed by atoms with E-state index < -0.39 is 0 Å². The van der Waals surface area contributed by atoms with Gasteiger partial charge in [0.15, 0.2) is 11.6 Å². The number of fused-ring (bicyclic) bond motifs is 2. The molecule has 0 heterocycles. The van der Waals surface area contributed by atoms with Crippen LogP contribution >= 0.6 is 12.6 Å². The Kier molecular flexibility index (Phi) is 3.14. The maximum atomic E-state index is 12.5. The molecule has 0 aromatic heterocycles. The molecule has 1 amide bonds. The minimum atomic E-state index is -0.264. The molecule has 0 unspecified atom stereocenters. The second kappa shape index (κ2) is 4.86. The summed E-state index contributed by atoms with van der Waals surface area (Å²) in [4.78, 5) is 36.6. The molecule has 3 rings (SSSR count). The predicted molar refractivity (Wildman–Crippen MR) is 81.3 cm³/mol. The molecule has 0 saturated heterocycles. The third-order valence-electron chi connectivity index (χ3n) is 3.35. The lowest BCUT2D eigenvalue weighted by Crippen LogP contribution is -2.21. The lowest BCUT2D eigenvalue weighted by molar-refractivity contribution is -0.114. The molecule has 0 spiro atoms. The number of amides is 1. The number of thiol groups is 1. The van der Waals surface area contributed by atoms with E-state index in [1.54, 1.807) is 24.3 Å². The summed E-state index contributed by atoms with van der Waals surface area (Å²) in [6.07, 6.45) is 0. The summed E-state index contributed by atoms with van der Waals surface area (Å²) in [5.74, 6) is -0.690. The monoisotopic (exact) mass is 297 g/mol. The maximum Gasteiger partial charge on any atom is 0.221 e. The summed E-state index contributed by atoms with van der Waals surface area (Å²) in [6.45, 7) is 1.37. The Morgan fingerprint density at radius 1 is 0.952 bits per heavy atom. The Morgan fingerprint density at radius 2 is 1.48 bits per heavy atom. The van der Waals surface area contributed by atoms with Crippen molar-refractivity contribution in [2.24, 2.45) is 0 Å². The number of hydrogen-bond donors (Lipinski definition) is 2. The number of ketones is 2. The molecule has 1 aliphatic carbocycles. The Bertz CT molecular complexity index is 811. The Morgan fingerprint density at radius 3 is 2.00 bits per heavy atom. The van der Waals surface area contributed by atoms with Gasteiger partial charge in [-0.25, -0.2) is 0 Å². The molecule has 2 aromatic rings. The van der Waals surface area contributed by atoms with Crippen molar-refractivity contribution in [3.63, 3.8) is 0 Å². The molecule has 0 saturated carbocycles. The lowest BCUT2D eigenvalue weighted by atomic mass is 9.84. The first kappa shape index (κ1) is 13.6. The van der Waals surface area contributed by atoms with Crippen molar-refractivity contribution in [1.82, 2.24) is 0 Å². The van der Waals surface area contributed by atoms with Gasteiger partial charge in [-0.1, -0.05) is 24.3 Å². The van der Waals surface area contributed by atoms with E-state index in [-0.39, 0.29) is 17.5 Å². The zero-order chi connectivity index (χ0) is 15.1. The number of rotatable bonds is 1. The molecular formula is C16H11NO3S. The lowest BCUT2D eigenvalue weighted by Gasteiger charge is -2.19. The van der Waals surface area contributed by atoms with E-state index in [4.69, 9.17) is 0 Å². The molecule has 0 atom stereocenters. The molecule has 0 fully saturated rings. The van der Waals surface area contributed by atoms with Crippen LogP contribution in [0, 0.1) is 0 Å². The van der Waals surface area contributed by atoms with Crippen molar-refractivity contribution >= 4 is 35.8 Å². The zero-order valence-corrected chi connectivity index (χ0v) is 12.0. The van der Waals surface area contributed by atoms with E-state index in [1.165, 1.54) is 19.1 Å². The van der Waals surface area contributed by atoms with E-state index in [9.17, 15) is 14.4 Å². The largest absolute Gasteiger partial charge is 0.325 e. The van der Waals surface area contributed by atoms with Crippen LogP contribution in [0.2, 0.25) is 0 Å². The fourth-order valence-electron chi connectivity index (χ4n) is 2.42. The van der Waals surface area contributed by atoms with Gasteiger partial charge >= 0.3 is 0 Å². The smallest absolute Gasteiger partial charge is 0.221 e. The maximum absolute atomic E-state index is 12.5. The summed E-state index contributed by atoms with van der Waals surface area (Å²) >= 11 is 4.27. The van der Waals surface area contributed by atoms with Crippen LogP contribution in [0.15, 0.2) is 41.3 Å². The summed E-state index contributed by atoms with van der Waals surface area (Å²) in [7, 11) is 0. The van der Waals surface area contributed by atoms with Crippen molar-refractivity contribution in [3.8, 4) is 0 Å². The summed E-state index contributed by atoms with van der Waals surface area (Å²) < 4.78 is 0. The predicted octanol–water partition coefficient (Wildman–Crippen LogP) is 2.71. The van der Waals surface area contributed by atoms with E-state index in [1.807, 2.05) is 0 Å². The van der Waals surface area contributed by atoms with Gasteiger partial charge in [0.05, 0.1) is 5.69 Å². The Labute approximate surface area is 126 Å². The SMILES string of the molecule is CC(=O)Nc1cc2c(cc1S)C(=O)c1ccccc1C2=O. The van der Waals surface area contributed by atoms with E-state index in [2.05, 4.69) is 17.9 Å². The first-order valence-corrected chi connectivity index (χ1v) is 6.77.